The summed E-state index contributed by atoms with van der Waals surface area (Å²) in [6.07, 6.45) is 0. The number of phenols is 1. The molecule has 3 aromatic carbocycles. The zero-order valence-corrected chi connectivity index (χ0v) is 14.9. The summed E-state index contributed by atoms with van der Waals surface area (Å²) in [5, 5.41) is 17.3. The van der Waals surface area contributed by atoms with E-state index in [9.17, 15) is 9.90 Å². The Hall–Kier alpha value is -3.18. The Labute approximate surface area is 154 Å². The lowest BCUT2D eigenvalue weighted by Gasteiger charge is -2.06. The minimum atomic E-state index is -0.436. The fraction of sp³-hybridized carbons (Fsp3) is 0.0476. The first kappa shape index (κ1) is 16.3. The van der Waals surface area contributed by atoms with Crippen molar-refractivity contribution in [3.05, 3.63) is 77.2 Å². The molecule has 0 fully saturated rings. The van der Waals surface area contributed by atoms with E-state index in [0.717, 1.165) is 26.7 Å². The summed E-state index contributed by atoms with van der Waals surface area (Å²) >= 11 is 1.63. The minimum absolute atomic E-state index is 0.0593. The molecule has 0 saturated carbocycles. The molecule has 0 radical (unpaired) electrons. The number of benzene rings is 3. The highest BCUT2D eigenvalue weighted by molar-refractivity contribution is 7.20. The number of nitrogens with one attached hydrogen (secondary N) is 1. The maximum absolute atomic E-state index is 12.4. The van der Waals surface area contributed by atoms with Gasteiger partial charge in [-0.15, -0.1) is 11.3 Å². The number of hydrazone groups is 1. The lowest BCUT2D eigenvalue weighted by molar-refractivity contribution is 0.0952. The van der Waals surface area contributed by atoms with Crippen LogP contribution in [0.25, 0.3) is 20.9 Å². The number of hydrogen-bond acceptors (Lipinski definition) is 4. The van der Waals surface area contributed by atoms with Gasteiger partial charge in [-0.25, -0.2) is 5.43 Å². The molecule has 0 bridgehead atoms. The van der Waals surface area contributed by atoms with Crippen LogP contribution in [-0.4, -0.2) is 16.7 Å². The second-order valence-corrected chi connectivity index (χ2v) is 7.09. The third-order valence-electron chi connectivity index (χ3n) is 4.22. The van der Waals surface area contributed by atoms with Crippen molar-refractivity contribution >= 4 is 43.8 Å². The molecule has 0 aliphatic heterocycles. The molecule has 128 valence electrons. The third-order valence-corrected chi connectivity index (χ3v) is 5.44. The van der Waals surface area contributed by atoms with E-state index < -0.39 is 5.91 Å². The maximum atomic E-state index is 12.4. The van der Waals surface area contributed by atoms with Gasteiger partial charge in [0.15, 0.2) is 0 Å². The first-order chi connectivity index (χ1) is 12.6. The first-order valence-corrected chi connectivity index (χ1v) is 8.99. The molecule has 0 unspecified atom stereocenters. The van der Waals surface area contributed by atoms with Crippen LogP contribution in [0.2, 0.25) is 0 Å². The molecule has 0 saturated heterocycles. The van der Waals surface area contributed by atoms with Gasteiger partial charge in [0.2, 0.25) is 0 Å². The van der Waals surface area contributed by atoms with Gasteiger partial charge in [-0.3, -0.25) is 4.79 Å². The van der Waals surface area contributed by atoms with Gasteiger partial charge in [0.25, 0.3) is 5.91 Å². The van der Waals surface area contributed by atoms with Crippen molar-refractivity contribution in [2.24, 2.45) is 5.10 Å². The fourth-order valence-electron chi connectivity index (χ4n) is 2.82. The van der Waals surface area contributed by atoms with E-state index in [-0.39, 0.29) is 11.3 Å². The monoisotopic (exact) mass is 360 g/mol. The SMILES string of the molecule is CC(=NNC(=O)c1cc2ccccc2cc1O)c1cc2ccccc2s1. The number of aromatic hydroxyl groups is 1. The second kappa shape index (κ2) is 6.61. The van der Waals surface area contributed by atoms with Crippen LogP contribution in [0.15, 0.2) is 71.8 Å². The summed E-state index contributed by atoms with van der Waals surface area (Å²) in [6, 6.07) is 21.0. The number of fused-ring (bicyclic) bond motifs is 2. The number of carbonyl (C=O) groups excluding carboxylic acids is 1. The van der Waals surface area contributed by atoms with Gasteiger partial charge in [0, 0.05) is 4.70 Å². The Balaban J connectivity index is 1.59. The van der Waals surface area contributed by atoms with Crippen LogP contribution in [0.4, 0.5) is 0 Å². The standard InChI is InChI=1S/C21H16N2O2S/c1-13(20-12-16-8-4-5-9-19(16)26-20)22-23-21(25)17-10-14-6-2-3-7-15(14)11-18(17)24/h2-12,24H,1H3,(H,23,25). The molecule has 1 aromatic heterocycles. The zero-order chi connectivity index (χ0) is 18.1. The number of rotatable bonds is 3. The zero-order valence-electron chi connectivity index (χ0n) is 14.1. The van der Waals surface area contributed by atoms with Crippen molar-refractivity contribution < 1.29 is 9.90 Å². The van der Waals surface area contributed by atoms with Gasteiger partial charge >= 0.3 is 0 Å². The quantitative estimate of drug-likeness (QED) is 0.403. The number of phenolic OH excluding ortho intramolecular Hbond substituents is 1. The maximum Gasteiger partial charge on any atom is 0.275 e. The summed E-state index contributed by atoms with van der Waals surface area (Å²) in [6.45, 7) is 1.85. The van der Waals surface area contributed by atoms with E-state index in [1.807, 2.05) is 49.4 Å². The summed E-state index contributed by atoms with van der Waals surface area (Å²) in [4.78, 5) is 13.4. The van der Waals surface area contributed by atoms with Crippen LogP contribution in [-0.2, 0) is 0 Å². The molecular formula is C21H16N2O2S. The summed E-state index contributed by atoms with van der Waals surface area (Å²) in [7, 11) is 0. The predicted molar refractivity (Wildman–Crippen MR) is 107 cm³/mol. The topological polar surface area (TPSA) is 61.7 Å². The Bertz CT molecular complexity index is 1130. The van der Waals surface area contributed by atoms with Gasteiger partial charge in [-0.05, 0) is 47.3 Å². The average Bonchev–Trinajstić information content (AvgIpc) is 3.09. The van der Waals surface area contributed by atoms with Crippen molar-refractivity contribution in [2.45, 2.75) is 6.92 Å². The summed E-state index contributed by atoms with van der Waals surface area (Å²) in [5.41, 5.74) is 3.47. The number of carbonyl (C=O) groups is 1. The van der Waals surface area contributed by atoms with E-state index >= 15 is 0 Å². The molecule has 0 aliphatic carbocycles. The predicted octanol–water partition coefficient (Wildman–Crippen LogP) is 4.91. The van der Waals surface area contributed by atoms with E-state index in [0.29, 0.717) is 0 Å². The number of hydrogen-bond donors (Lipinski definition) is 2. The molecule has 0 aliphatic rings. The van der Waals surface area contributed by atoms with Crippen LogP contribution in [0.5, 0.6) is 5.75 Å². The molecule has 0 spiro atoms. The van der Waals surface area contributed by atoms with Gasteiger partial charge < -0.3 is 5.11 Å². The van der Waals surface area contributed by atoms with Crippen molar-refractivity contribution in [3.63, 3.8) is 0 Å². The van der Waals surface area contributed by atoms with Gasteiger partial charge in [-0.1, -0.05) is 42.5 Å². The van der Waals surface area contributed by atoms with Crippen molar-refractivity contribution in [1.29, 1.82) is 0 Å². The van der Waals surface area contributed by atoms with Crippen LogP contribution in [0.3, 0.4) is 0 Å². The van der Waals surface area contributed by atoms with Crippen molar-refractivity contribution in [2.75, 3.05) is 0 Å². The molecule has 5 heteroatoms. The van der Waals surface area contributed by atoms with Crippen molar-refractivity contribution in [3.8, 4) is 5.75 Å². The van der Waals surface area contributed by atoms with E-state index in [2.05, 4.69) is 22.7 Å². The Kier molecular flexibility index (Phi) is 4.14. The third kappa shape index (κ3) is 3.05. The smallest absolute Gasteiger partial charge is 0.275 e. The number of nitrogens with zero attached hydrogens (tertiary/aromatic N) is 1. The van der Waals surface area contributed by atoms with Gasteiger partial charge in [-0.2, -0.15) is 5.10 Å². The average molecular weight is 360 g/mol. The van der Waals surface area contributed by atoms with Crippen LogP contribution < -0.4 is 5.43 Å². The molecule has 1 heterocycles. The molecule has 0 atom stereocenters. The van der Waals surface area contributed by atoms with Crippen molar-refractivity contribution in [1.82, 2.24) is 5.43 Å². The number of thiophene rings is 1. The lowest BCUT2D eigenvalue weighted by Crippen LogP contribution is -2.19. The van der Waals surface area contributed by atoms with Crippen LogP contribution >= 0.6 is 11.3 Å². The Morgan fingerprint density at radius 1 is 0.962 bits per heavy atom. The molecule has 26 heavy (non-hydrogen) atoms. The largest absolute Gasteiger partial charge is 0.507 e. The molecule has 1 amide bonds. The Morgan fingerprint density at radius 2 is 1.62 bits per heavy atom. The highest BCUT2D eigenvalue weighted by Crippen LogP contribution is 2.26. The molecule has 4 aromatic rings. The second-order valence-electron chi connectivity index (χ2n) is 6.00. The molecule has 4 rings (SSSR count). The summed E-state index contributed by atoms with van der Waals surface area (Å²) in [5.74, 6) is -0.496. The van der Waals surface area contributed by atoms with Crippen LogP contribution in [0.1, 0.15) is 22.2 Å². The fourth-order valence-corrected chi connectivity index (χ4v) is 3.83. The first-order valence-electron chi connectivity index (χ1n) is 8.17. The molecule has 4 nitrogen and oxygen atoms in total. The van der Waals surface area contributed by atoms with E-state index in [1.165, 1.54) is 4.70 Å². The molecular weight excluding hydrogens is 344 g/mol. The highest BCUT2D eigenvalue weighted by atomic mass is 32.1. The molecule has 2 N–H and O–H groups in total. The van der Waals surface area contributed by atoms with Gasteiger partial charge in [0.05, 0.1) is 16.2 Å². The van der Waals surface area contributed by atoms with E-state index in [1.54, 1.807) is 23.5 Å². The lowest BCUT2D eigenvalue weighted by atomic mass is 10.1. The Morgan fingerprint density at radius 3 is 2.35 bits per heavy atom. The number of amides is 1. The summed E-state index contributed by atoms with van der Waals surface area (Å²) < 4.78 is 1.18. The van der Waals surface area contributed by atoms with Gasteiger partial charge in [0.1, 0.15) is 5.75 Å². The minimum Gasteiger partial charge on any atom is -0.507 e. The normalized spacial score (nSPS) is 11.8. The van der Waals surface area contributed by atoms with E-state index in [4.69, 9.17) is 0 Å². The van der Waals surface area contributed by atoms with Crippen LogP contribution in [0, 0.1) is 0 Å². The highest BCUT2D eigenvalue weighted by Gasteiger charge is 2.12.